The Labute approximate surface area is 181 Å². The van der Waals surface area contributed by atoms with E-state index in [4.69, 9.17) is 10.5 Å². The van der Waals surface area contributed by atoms with Gasteiger partial charge in [0.2, 0.25) is 0 Å². The zero-order valence-corrected chi connectivity index (χ0v) is 17.7. The lowest BCUT2D eigenvalue weighted by Crippen LogP contribution is -2.47. The van der Waals surface area contributed by atoms with Gasteiger partial charge in [0.05, 0.1) is 35.7 Å². The fourth-order valence-corrected chi connectivity index (χ4v) is 4.35. The van der Waals surface area contributed by atoms with Crippen LogP contribution in [-0.4, -0.2) is 81.2 Å². The Hall–Kier alpha value is -2.94. The number of aliphatic hydroxyl groups is 1. The smallest absolute Gasteiger partial charge is 0.196 e. The summed E-state index contributed by atoms with van der Waals surface area (Å²) in [4.78, 5) is 31.1. The van der Waals surface area contributed by atoms with Crippen LogP contribution in [0.5, 0.6) is 0 Å². The number of ether oxygens (including phenoxy) is 1. The van der Waals surface area contributed by atoms with Gasteiger partial charge >= 0.3 is 0 Å². The molecule has 0 atom stereocenters. The zero-order chi connectivity index (χ0) is 22.0. The van der Waals surface area contributed by atoms with Crippen LogP contribution in [0.1, 0.15) is 31.8 Å². The molecule has 2 aromatic rings. The Morgan fingerprint density at radius 1 is 1.06 bits per heavy atom. The van der Waals surface area contributed by atoms with Gasteiger partial charge in [0.1, 0.15) is 0 Å². The second kappa shape index (κ2) is 9.05. The van der Waals surface area contributed by atoms with Gasteiger partial charge in [-0.15, -0.1) is 0 Å². The summed E-state index contributed by atoms with van der Waals surface area (Å²) in [6.45, 7) is 4.76. The number of nitrogens with one attached hydrogen (secondary N) is 1. The molecule has 0 aromatic heterocycles. The van der Waals surface area contributed by atoms with Gasteiger partial charge in [0.15, 0.2) is 11.6 Å². The molecule has 31 heavy (non-hydrogen) atoms. The van der Waals surface area contributed by atoms with E-state index in [-0.39, 0.29) is 23.7 Å². The van der Waals surface area contributed by atoms with Crippen LogP contribution in [0, 0.1) is 0 Å². The van der Waals surface area contributed by atoms with Crippen LogP contribution in [-0.2, 0) is 4.74 Å². The average molecular weight is 425 g/mol. The normalized spacial score (nSPS) is 16.3. The van der Waals surface area contributed by atoms with Crippen molar-refractivity contribution in [3.63, 3.8) is 0 Å². The monoisotopic (exact) mass is 424 g/mol. The molecule has 2 aromatic carbocycles. The molecule has 1 aliphatic heterocycles. The number of carbonyl (C=O) groups is 2. The van der Waals surface area contributed by atoms with E-state index < -0.39 is 0 Å². The minimum atomic E-state index is -0.224. The number of nitrogens with zero attached hydrogens (tertiary/aromatic N) is 2. The van der Waals surface area contributed by atoms with Gasteiger partial charge in [0.25, 0.3) is 0 Å². The van der Waals surface area contributed by atoms with E-state index >= 15 is 0 Å². The number of nitrogen functional groups attached to an aromatic ring is 1. The first-order valence-corrected chi connectivity index (χ1v) is 10.5. The van der Waals surface area contributed by atoms with Gasteiger partial charge in [-0.05, 0) is 6.07 Å². The van der Waals surface area contributed by atoms with Gasteiger partial charge < -0.3 is 25.8 Å². The fourth-order valence-electron chi connectivity index (χ4n) is 4.35. The van der Waals surface area contributed by atoms with Gasteiger partial charge in [-0.25, -0.2) is 0 Å². The van der Waals surface area contributed by atoms with Crippen molar-refractivity contribution >= 4 is 28.6 Å². The Kier molecular flexibility index (Phi) is 6.22. The lowest BCUT2D eigenvalue weighted by molar-refractivity contribution is 0.0980. The third-order valence-corrected chi connectivity index (χ3v) is 5.97. The molecule has 0 bridgehead atoms. The number of benzene rings is 2. The molecule has 0 amide bonds. The van der Waals surface area contributed by atoms with Crippen LogP contribution in [0.4, 0.5) is 17.1 Å². The number of rotatable bonds is 7. The Morgan fingerprint density at radius 2 is 1.71 bits per heavy atom. The highest BCUT2D eigenvalue weighted by atomic mass is 16.5. The predicted octanol–water partition coefficient (Wildman–Crippen LogP) is 1.22. The maximum Gasteiger partial charge on any atom is 0.196 e. The number of fused-ring (bicyclic) bond motifs is 2. The zero-order valence-electron chi connectivity index (χ0n) is 17.7. The number of ketones is 2. The number of piperazine rings is 1. The van der Waals surface area contributed by atoms with E-state index in [1.54, 1.807) is 31.4 Å². The summed E-state index contributed by atoms with van der Waals surface area (Å²) in [5, 5.41) is 12.5. The summed E-state index contributed by atoms with van der Waals surface area (Å²) in [7, 11) is 1.61. The summed E-state index contributed by atoms with van der Waals surface area (Å²) in [6, 6.07) is 8.76. The molecule has 0 saturated carbocycles. The SMILES string of the molecule is COCCNc1cc(N2CCN(CCO)CC2)c(N)c2c1C(=O)c1ccccc1C2=O. The number of anilines is 3. The number of nitrogens with two attached hydrogens (primary N) is 1. The molecule has 1 heterocycles. The second-order valence-corrected chi connectivity index (χ2v) is 7.78. The Balaban J connectivity index is 1.77. The van der Waals surface area contributed by atoms with Crippen molar-refractivity contribution in [1.82, 2.24) is 4.90 Å². The number of hydrogen-bond donors (Lipinski definition) is 3. The minimum Gasteiger partial charge on any atom is -0.396 e. The van der Waals surface area contributed by atoms with Crippen LogP contribution < -0.4 is 16.0 Å². The van der Waals surface area contributed by atoms with Crippen molar-refractivity contribution in [2.45, 2.75) is 0 Å². The first-order valence-electron chi connectivity index (χ1n) is 10.5. The molecule has 0 unspecified atom stereocenters. The van der Waals surface area contributed by atoms with Crippen molar-refractivity contribution in [2.75, 3.05) is 75.5 Å². The molecule has 8 nitrogen and oxygen atoms in total. The summed E-state index contributed by atoms with van der Waals surface area (Å²) in [5.74, 6) is -0.422. The van der Waals surface area contributed by atoms with Gasteiger partial charge in [-0.3, -0.25) is 14.5 Å². The van der Waals surface area contributed by atoms with Crippen molar-refractivity contribution in [1.29, 1.82) is 0 Å². The van der Waals surface area contributed by atoms with E-state index in [1.807, 2.05) is 6.07 Å². The molecule has 164 valence electrons. The van der Waals surface area contributed by atoms with Crippen molar-refractivity contribution in [3.05, 3.63) is 52.6 Å². The first kappa shape index (κ1) is 21.3. The Morgan fingerprint density at radius 3 is 2.32 bits per heavy atom. The van der Waals surface area contributed by atoms with Crippen molar-refractivity contribution in [3.8, 4) is 0 Å². The summed E-state index contributed by atoms with van der Waals surface area (Å²) in [5.41, 5.74) is 9.64. The van der Waals surface area contributed by atoms with Crippen LogP contribution in [0.15, 0.2) is 30.3 Å². The maximum absolute atomic E-state index is 13.4. The van der Waals surface area contributed by atoms with Gasteiger partial charge in [-0.2, -0.15) is 0 Å². The molecular formula is C23H28N4O4. The standard InChI is InChI=1S/C23H28N4O4/c1-31-13-6-25-17-14-18(27-9-7-26(8-10-27)11-12-28)21(24)20-19(17)22(29)15-4-2-3-5-16(15)23(20)30/h2-5,14,25,28H,6-13,24H2,1H3. The Bertz CT molecular complexity index is 999. The quantitative estimate of drug-likeness (QED) is 0.384. The molecule has 1 aliphatic carbocycles. The van der Waals surface area contributed by atoms with Crippen molar-refractivity contribution in [2.24, 2.45) is 0 Å². The molecule has 0 spiro atoms. The molecular weight excluding hydrogens is 396 g/mol. The predicted molar refractivity (Wildman–Crippen MR) is 120 cm³/mol. The average Bonchev–Trinajstić information content (AvgIpc) is 2.79. The molecule has 2 aliphatic rings. The van der Waals surface area contributed by atoms with E-state index in [9.17, 15) is 14.7 Å². The van der Waals surface area contributed by atoms with Crippen LogP contribution in [0.3, 0.4) is 0 Å². The minimum absolute atomic E-state index is 0.130. The van der Waals surface area contributed by atoms with Crippen LogP contribution in [0.25, 0.3) is 0 Å². The third-order valence-electron chi connectivity index (χ3n) is 5.97. The lowest BCUT2D eigenvalue weighted by atomic mass is 9.81. The van der Waals surface area contributed by atoms with E-state index in [1.165, 1.54) is 0 Å². The van der Waals surface area contributed by atoms with E-state index in [0.717, 1.165) is 31.9 Å². The number of carbonyl (C=O) groups excluding carboxylic acids is 2. The molecule has 8 heteroatoms. The van der Waals surface area contributed by atoms with Gasteiger partial charge in [0, 0.05) is 63.2 Å². The second-order valence-electron chi connectivity index (χ2n) is 7.78. The lowest BCUT2D eigenvalue weighted by Gasteiger charge is -2.37. The molecule has 1 fully saturated rings. The third kappa shape index (κ3) is 3.89. The van der Waals surface area contributed by atoms with Crippen molar-refractivity contribution < 1.29 is 19.4 Å². The highest BCUT2D eigenvalue weighted by Gasteiger charge is 2.35. The highest BCUT2D eigenvalue weighted by molar-refractivity contribution is 6.32. The summed E-state index contributed by atoms with van der Waals surface area (Å²) < 4.78 is 5.14. The van der Waals surface area contributed by atoms with Crippen LogP contribution >= 0.6 is 0 Å². The van der Waals surface area contributed by atoms with Gasteiger partial charge in [-0.1, -0.05) is 24.3 Å². The topological polar surface area (TPSA) is 108 Å². The fraction of sp³-hybridized carbons (Fsp3) is 0.391. The highest BCUT2D eigenvalue weighted by Crippen LogP contribution is 2.41. The molecule has 1 saturated heterocycles. The largest absolute Gasteiger partial charge is 0.396 e. The summed E-state index contributed by atoms with van der Waals surface area (Å²) >= 11 is 0. The molecule has 0 radical (unpaired) electrons. The van der Waals surface area contributed by atoms with E-state index in [0.29, 0.717) is 47.8 Å². The summed E-state index contributed by atoms with van der Waals surface area (Å²) in [6.07, 6.45) is 0. The van der Waals surface area contributed by atoms with E-state index in [2.05, 4.69) is 15.1 Å². The number of β-amino-alcohol motifs (C(OH)–C–C–N with tert-alkyl or cyclic N) is 1. The number of hydrogen-bond acceptors (Lipinski definition) is 8. The molecule has 4 rings (SSSR count). The maximum atomic E-state index is 13.4. The number of methoxy groups -OCH3 is 1. The first-order chi connectivity index (χ1) is 15.1. The molecule has 4 N–H and O–H groups in total. The number of aliphatic hydroxyl groups excluding tert-OH is 1. The van der Waals surface area contributed by atoms with Crippen LogP contribution in [0.2, 0.25) is 0 Å².